The average molecular weight is 670 g/mol. The molecule has 4 aromatic rings. The third kappa shape index (κ3) is 7.57. The Hall–Kier alpha value is -4.57. The van der Waals surface area contributed by atoms with Crippen molar-refractivity contribution >= 4 is 64.4 Å². The first-order valence-electron chi connectivity index (χ1n) is 13.5. The monoisotopic (exact) mass is 668 g/mol. The van der Waals surface area contributed by atoms with Gasteiger partial charge in [0.1, 0.15) is 30.4 Å². The Kier molecular flexibility index (Phi) is 9.93. The molecule has 0 saturated carbocycles. The van der Waals surface area contributed by atoms with E-state index in [-0.39, 0.29) is 47.6 Å². The van der Waals surface area contributed by atoms with Crippen molar-refractivity contribution < 1.29 is 33.0 Å². The van der Waals surface area contributed by atoms with E-state index in [4.69, 9.17) is 49.0 Å². The molecule has 0 radical (unpaired) electrons. The number of amides is 4. The van der Waals surface area contributed by atoms with Crippen LogP contribution in [0.5, 0.6) is 17.2 Å². The molecule has 0 unspecified atom stereocenters. The van der Waals surface area contributed by atoms with Gasteiger partial charge in [-0.3, -0.25) is 14.9 Å². The lowest BCUT2D eigenvalue weighted by atomic mass is 10.1. The third-order valence-electron chi connectivity index (χ3n) is 6.52. The molecule has 0 atom stereocenters. The molecule has 1 fully saturated rings. The SMILES string of the molecule is CCOc1cc(/C=C2\C(=O)NC(=O)N(c3ccc(OCc4ccc(Cl)cc4Cl)cc3)C2=O)cc(Cl)c1OCc1cccc(F)c1. The van der Waals surface area contributed by atoms with Crippen molar-refractivity contribution in [2.45, 2.75) is 20.1 Å². The van der Waals surface area contributed by atoms with E-state index in [1.54, 1.807) is 55.5 Å². The number of ether oxygens (including phenoxy) is 3. The highest BCUT2D eigenvalue weighted by atomic mass is 35.5. The van der Waals surface area contributed by atoms with Crippen LogP contribution in [0.25, 0.3) is 6.08 Å². The molecule has 0 bridgehead atoms. The van der Waals surface area contributed by atoms with E-state index in [2.05, 4.69) is 5.32 Å². The zero-order chi connectivity index (χ0) is 32.1. The van der Waals surface area contributed by atoms with Crippen LogP contribution in [0.15, 0.2) is 84.4 Å². The molecule has 5 rings (SSSR count). The quantitative estimate of drug-likeness (QED) is 0.136. The highest BCUT2D eigenvalue weighted by molar-refractivity contribution is 6.39. The normalized spacial score (nSPS) is 14.0. The van der Waals surface area contributed by atoms with Crippen LogP contribution in [0.3, 0.4) is 0 Å². The summed E-state index contributed by atoms with van der Waals surface area (Å²) in [4.78, 5) is 39.8. The van der Waals surface area contributed by atoms with Gasteiger partial charge in [-0.1, -0.05) is 53.0 Å². The molecule has 1 heterocycles. The summed E-state index contributed by atoms with van der Waals surface area (Å²) in [7, 11) is 0. The zero-order valence-electron chi connectivity index (χ0n) is 23.6. The minimum atomic E-state index is -0.905. The summed E-state index contributed by atoms with van der Waals surface area (Å²) in [5.74, 6) is -1.20. The lowest BCUT2D eigenvalue weighted by Gasteiger charge is -2.26. The Morgan fingerprint density at radius 3 is 2.33 bits per heavy atom. The highest BCUT2D eigenvalue weighted by Gasteiger charge is 2.37. The van der Waals surface area contributed by atoms with Crippen LogP contribution in [0, 0.1) is 5.82 Å². The van der Waals surface area contributed by atoms with Gasteiger partial charge in [-0.25, -0.2) is 14.1 Å². The van der Waals surface area contributed by atoms with Gasteiger partial charge in [0.05, 0.1) is 17.3 Å². The Morgan fingerprint density at radius 2 is 1.62 bits per heavy atom. The second-order valence-corrected chi connectivity index (χ2v) is 10.9. The van der Waals surface area contributed by atoms with Gasteiger partial charge in [0.2, 0.25) is 0 Å². The number of nitrogens with zero attached hydrogens (tertiary/aromatic N) is 1. The number of barbiturate groups is 1. The molecular weight excluding hydrogens is 646 g/mol. The van der Waals surface area contributed by atoms with E-state index < -0.39 is 23.7 Å². The average Bonchev–Trinajstić information content (AvgIpc) is 2.99. The van der Waals surface area contributed by atoms with Gasteiger partial charge in [0, 0.05) is 15.6 Å². The summed E-state index contributed by atoms with van der Waals surface area (Å²) in [5, 5.41) is 3.29. The van der Waals surface area contributed by atoms with Crippen molar-refractivity contribution in [2.75, 3.05) is 11.5 Å². The molecule has 1 N–H and O–H groups in total. The topological polar surface area (TPSA) is 94.2 Å². The number of anilines is 1. The first kappa shape index (κ1) is 31.8. The van der Waals surface area contributed by atoms with E-state index in [9.17, 15) is 18.8 Å². The Labute approximate surface area is 272 Å². The molecule has 0 spiro atoms. The molecule has 4 amide bonds. The molecule has 12 heteroatoms. The summed E-state index contributed by atoms with van der Waals surface area (Å²) in [6.45, 7) is 2.22. The first-order valence-corrected chi connectivity index (χ1v) is 14.7. The van der Waals surface area contributed by atoms with E-state index in [1.165, 1.54) is 36.4 Å². The molecule has 0 aromatic heterocycles. The van der Waals surface area contributed by atoms with Crippen molar-refractivity contribution in [3.05, 3.63) is 122 Å². The molecule has 1 saturated heterocycles. The molecule has 0 aliphatic carbocycles. The van der Waals surface area contributed by atoms with Crippen LogP contribution in [-0.4, -0.2) is 24.5 Å². The van der Waals surface area contributed by atoms with Crippen LogP contribution < -0.4 is 24.4 Å². The third-order valence-corrected chi connectivity index (χ3v) is 7.39. The summed E-state index contributed by atoms with van der Waals surface area (Å²) < 4.78 is 30.9. The van der Waals surface area contributed by atoms with E-state index >= 15 is 0 Å². The van der Waals surface area contributed by atoms with Crippen LogP contribution in [-0.2, 0) is 22.8 Å². The summed E-state index contributed by atoms with van der Waals surface area (Å²) in [6, 6.07) is 19.3. The number of carbonyl (C=O) groups excluding carboxylic acids is 3. The number of hydrogen-bond donors (Lipinski definition) is 1. The second kappa shape index (κ2) is 14.0. The van der Waals surface area contributed by atoms with Crippen LogP contribution in [0.2, 0.25) is 15.1 Å². The van der Waals surface area contributed by atoms with Gasteiger partial charge in [-0.15, -0.1) is 0 Å². The highest BCUT2D eigenvalue weighted by Crippen LogP contribution is 2.38. The smallest absolute Gasteiger partial charge is 0.335 e. The van der Waals surface area contributed by atoms with Gasteiger partial charge in [-0.2, -0.15) is 0 Å². The van der Waals surface area contributed by atoms with Gasteiger partial charge >= 0.3 is 6.03 Å². The summed E-state index contributed by atoms with van der Waals surface area (Å²) >= 11 is 18.7. The van der Waals surface area contributed by atoms with Crippen LogP contribution in [0.4, 0.5) is 14.9 Å². The predicted octanol–water partition coefficient (Wildman–Crippen LogP) is 8.01. The molecule has 1 aliphatic rings. The maximum atomic E-state index is 13.6. The molecule has 45 heavy (non-hydrogen) atoms. The van der Waals surface area contributed by atoms with Gasteiger partial charge < -0.3 is 14.2 Å². The molecule has 8 nitrogen and oxygen atoms in total. The Bertz CT molecular complexity index is 1810. The maximum absolute atomic E-state index is 13.6. The largest absolute Gasteiger partial charge is 0.490 e. The zero-order valence-corrected chi connectivity index (χ0v) is 25.9. The molecule has 4 aromatic carbocycles. The second-order valence-electron chi connectivity index (χ2n) is 9.66. The number of halogens is 4. The number of hydrogen-bond acceptors (Lipinski definition) is 6. The van der Waals surface area contributed by atoms with E-state index in [0.29, 0.717) is 26.9 Å². The molecular formula is C33H24Cl3FN2O6. The number of carbonyl (C=O) groups is 3. The lowest BCUT2D eigenvalue weighted by molar-refractivity contribution is -0.122. The fourth-order valence-corrected chi connectivity index (χ4v) is 5.14. The van der Waals surface area contributed by atoms with Gasteiger partial charge in [-0.05, 0) is 84.8 Å². The number of benzene rings is 4. The van der Waals surface area contributed by atoms with Crippen molar-refractivity contribution in [3.8, 4) is 17.2 Å². The van der Waals surface area contributed by atoms with Crippen molar-refractivity contribution in [1.29, 1.82) is 0 Å². The van der Waals surface area contributed by atoms with Gasteiger partial charge in [0.25, 0.3) is 11.8 Å². The first-order chi connectivity index (χ1) is 21.6. The fraction of sp³-hybridized carbons (Fsp3) is 0.121. The Morgan fingerprint density at radius 1 is 0.844 bits per heavy atom. The summed E-state index contributed by atoms with van der Waals surface area (Å²) in [6.07, 6.45) is 1.30. The van der Waals surface area contributed by atoms with Crippen molar-refractivity contribution in [3.63, 3.8) is 0 Å². The number of urea groups is 1. The summed E-state index contributed by atoms with van der Waals surface area (Å²) in [5.41, 5.74) is 1.56. The number of imide groups is 2. The van der Waals surface area contributed by atoms with Crippen molar-refractivity contribution in [2.24, 2.45) is 0 Å². The van der Waals surface area contributed by atoms with Crippen molar-refractivity contribution in [1.82, 2.24) is 5.32 Å². The minimum Gasteiger partial charge on any atom is -0.490 e. The predicted molar refractivity (Wildman–Crippen MR) is 170 cm³/mol. The van der Waals surface area contributed by atoms with E-state index in [0.717, 1.165) is 10.5 Å². The number of nitrogens with one attached hydrogen (secondary N) is 1. The van der Waals surface area contributed by atoms with Crippen LogP contribution >= 0.6 is 34.8 Å². The maximum Gasteiger partial charge on any atom is 0.335 e. The van der Waals surface area contributed by atoms with E-state index in [1.807, 2.05) is 0 Å². The minimum absolute atomic E-state index is 0.0225. The standard InChI is InChI=1S/C33H24Cl3FN2O6/c1-2-43-29-15-20(14-28(36)30(29)45-17-19-4-3-5-23(37)12-19)13-26-31(40)38-33(42)39(32(26)41)24-8-10-25(11-9-24)44-18-21-6-7-22(34)16-27(21)35/h3-16H,2,17-18H2,1H3,(H,38,40,42)/b26-13+. The van der Waals surface area contributed by atoms with Crippen LogP contribution in [0.1, 0.15) is 23.6 Å². The molecule has 1 aliphatic heterocycles. The fourth-order valence-electron chi connectivity index (χ4n) is 4.41. The lowest BCUT2D eigenvalue weighted by Crippen LogP contribution is -2.54. The Balaban J connectivity index is 1.35. The van der Waals surface area contributed by atoms with Gasteiger partial charge in [0.15, 0.2) is 11.5 Å². The molecule has 230 valence electrons. The number of rotatable bonds is 10.